The summed E-state index contributed by atoms with van der Waals surface area (Å²) in [6.45, 7) is 3.86. The van der Waals surface area contributed by atoms with Gasteiger partial charge in [-0.05, 0) is 68.0 Å². The van der Waals surface area contributed by atoms with Crippen LogP contribution in [0.1, 0.15) is 30.6 Å². The highest BCUT2D eigenvalue weighted by Crippen LogP contribution is 2.28. The van der Waals surface area contributed by atoms with Gasteiger partial charge in [0.25, 0.3) is 5.91 Å². The molecule has 0 saturated heterocycles. The second-order valence-electron chi connectivity index (χ2n) is 5.99. The molecule has 0 radical (unpaired) electrons. The topological polar surface area (TPSA) is 76.7 Å². The molecule has 0 aliphatic carbocycles. The van der Waals surface area contributed by atoms with Crippen LogP contribution < -0.4 is 15.4 Å². The molecule has 0 aromatic heterocycles. The van der Waals surface area contributed by atoms with E-state index < -0.39 is 12.0 Å². The number of nitrogens with one attached hydrogen (secondary N) is 2. The van der Waals surface area contributed by atoms with E-state index in [2.05, 4.69) is 10.6 Å². The first-order valence-corrected chi connectivity index (χ1v) is 9.97. The summed E-state index contributed by atoms with van der Waals surface area (Å²) in [6.07, 6.45) is -0.0877. The highest BCUT2D eigenvalue weighted by atomic mass is 35.5. The molecule has 2 rings (SSSR count). The Bertz CT molecular complexity index is 891. The zero-order valence-electron chi connectivity index (χ0n) is 15.8. The molecule has 0 aliphatic heterocycles. The lowest BCUT2D eigenvalue weighted by molar-refractivity contribution is -0.125. The lowest BCUT2D eigenvalue weighted by Gasteiger charge is -2.16. The van der Waals surface area contributed by atoms with Gasteiger partial charge in [0.15, 0.2) is 11.2 Å². The van der Waals surface area contributed by atoms with Gasteiger partial charge in [-0.3, -0.25) is 10.1 Å². The monoisotopic (exact) mass is 454 g/mol. The van der Waals surface area contributed by atoms with Crippen LogP contribution in [0.3, 0.4) is 0 Å². The maximum Gasteiger partial charge on any atom is 0.338 e. The van der Waals surface area contributed by atoms with Crippen LogP contribution in [0.15, 0.2) is 42.5 Å². The average molecular weight is 455 g/mol. The van der Waals surface area contributed by atoms with Crippen molar-refractivity contribution in [2.24, 2.45) is 0 Å². The predicted octanol–water partition coefficient (Wildman–Crippen LogP) is 4.84. The minimum Gasteiger partial charge on any atom is -0.479 e. The standard InChI is InChI=1S/C20H20Cl2N2O4S/c1-3-10-27-19(26)13-4-7-15(8-5-13)23-20(29)24-18(25)12(2)28-17-9-6-14(21)11-16(17)22/h4-9,11-12H,3,10H2,1-2H3,(H2,23,24,25,29). The van der Waals surface area contributed by atoms with Gasteiger partial charge in [-0.1, -0.05) is 30.1 Å². The van der Waals surface area contributed by atoms with Crippen LogP contribution in [0.2, 0.25) is 10.0 Å². The van der Waals surface area contributed by atoms with Crippen molar-refractivity contribution in [2.45, 2.75) is 26.4 Å². The van der Waals surface area contributed by atoms with Crippen LogP contribution in [0.5, 0.6) is 5.75 Å². The van der Waals surface area contributed by atoms with Crippen molar-refractivity contribution < 1.29 is 19.1 Å². The quantitative estimate of drug-likeness (QED) is 0.460. The third-order valence-electron chi connectivity index (χ3n) is 3.62. The van der Waals surface area contributed by atoms with Gasteiger partial charge in [0.1, 0.15) is 5.75 Å². The molecule has 1 unspecified atom stereocenters. The summed E-state index contributed by atoms with van der Waals surface area (Å²) in [5, 5.41) is 6.27. The van der Waals surface area contributed by atoms with Crippen molar-refractivity contribution in [1.82, 2.24) is 5.32 Å². The molecule has 0 fully saturated rings. The van der Waals surface area contributed by atoms with E-state index >= 15 is 0 Å². The van der Waals surface area contributed by atoms with Crippen LogP contribution in [-0.2, 0) is 9.53 Å². The van der Waals surface area contributed by atoms with Crippen LogP contribution in [0, 0.1) is 0 Å². The number of amides is 1. The summed E-state index contributed by atoms with van der Waals surface area (Å²) in [7, 11) is 0. The van der Waals surface area contributed by atoms with Crippen molar-refractivity contribution in [3.8, 4) is 5.75 Å². The smallest absolute Gasteiger partial charge is 0.338 e. The summed E-state index contributed by atoms with van der Waals surface area (Å²) in [5.74, 6) is -0.502. The van der Waals surface area contributed by atoms with Crippen LogP contribution in [0.25, 0.3) is 0 Å². The van der Waals surface area contributed by atoms with Crippen molar-refractivity contribution >= 4 is 58.1 Å². The Balaban J connectivity index is 1.87. The van der Waals surface area contributed by atoms with Crippen LogP contribution >= 0.6 is 35.4 Å². The molecule has 29 heavy (non-hydrogen) atoms. The summed E-state index contributed by atoms with van der Waals surface area (Å²) >= 11 is 17.0. The van der Waals surface area contributed by atoms with Crippen molar-refractivity contribution in [1.29, 1.82) is 0 Å². The van der Waals surface area contributed by atoms with Gasteiger partial charge < -0.3 is 14.8 Å². The van der Waals surface area contributed by atoms with Crippen molar-refractivity contribution in [2.75, 3.05) is 11.9 Å². The van der Waals surface area contributed by atoms with E-state index in [1.165, 1.54) is 6.07 Å². The molecule has 0 bridgehead atoms. The molecule has 9 heteroatoms. The minimum absolute atomic E-state index is 0.0916. The number of carbonyl (C=O) groups excluding carboxylic acids is 2. The zero-order chi connectivity index (χ0) is 21.4. The first-order valence-electron chi connectivity index (χ1n) is 8.81. The number of rotatable bonds is 7. The second-order valence-corrected chi connectivity index (χ2v) is 7.24. The summed E-state index contributed by atoms with van der Waals surface area (Å²) in [5.41, 5.74) is 1.04. The number of benzene rings is 2. The van der Waals surface area contributed by atoms with E-state index in [0.717, 1.165) is 6.42 Å². The van der Waals surface area contributed by atoms with E-state index in [0.29, 0.717) is 33.7 Å². The number of halogens is 2. The molecular weight excluding hydrogens is 435 g/mol. The molecule has 1 amide bonds. The first-order chi connectivity index (χ1) is 13.8. The van der Waals surface area contributed by atoms with Gasteiger partial charge in [-0.2, -0.15) is 0 Å². The fourth-order valence-corrected chi connectivity index (χ4v) is 2.83. The van der Waals surface area contributed by atoms with Crippen molar-refractivity contribution in [3.05, 3.63) is 58.1 Å². The molecule has 0 aliphatic rings. The molecule has 2 aromatic rings. The highest BCUT2D eigenvalue weighted by molar-refractivity contribution is 7.80. The Morgan fingerprint density at radius 2 is 1.83 bits per heavy atom. The fourth-order valence-electron chi connectivity index (χ4n) is 2.16. The molecule has 6 nitrogen and oxygen atoms in total. The molecule has 0 heterocycles. The number of hydrogen-bond donors (Lipinski definition) is 2. The predicted molar refractivity (Wildman–Crippen MR) is 118 cm³/mol. The SMILES string of the molecule is CCCOC(=O)c1ccc(NC(=S)NC(=O)C(C)Oc2ccc(Cl)cc2Cl)cc1. The third-order valence-corrected chi connectivity index (χ3v) is 4.35. The van der Waals surface area contributed by atoms with Gasteiger partial charge in [-0.15, -0.1) is 0 Å². The zero-order valence-corrected chi connectivity index (χ0v) is 18.2. The van der Waals surface area contributed by atoms with Crippen molar-refractivity contribution in [3.63, 3.8) is 0 Å². The van der Waals surface area contributed by atoms with E-state index in [1.54, 1.807) is 43.3 Å². The summed E-state index contributed by atoms with van der Waals surface area (Å²) in [6, 6.07) is 11.3. The highest BCUT2D eigenvalue weighted by Gasteiger charge is 2.17. The Morgan fingerprint density at radius 3 is 2.45 bits per heavy atom. The normalized spacial score (nSPS) is 11.3. The maximum atomic E-state index is 12.3. The van der Waals surface area contributed by atoms with Gasteiger partial charge in [0.05, 0.1) is 17.2 Å². The van der Waals surface area contributed by atoms with Gasteiger partial charge in [0, 0.05) is 10.7 Å². The molecule has 0 spiro atoms. The van der Waals surface area contributed by atoms with E-state index in [-0.39, 0.29) is 11.1 Å². The van der Waals surface area contributed by atoms with Gasteiger partial charge >= 0.3 is 5.97 Å². The fraction of sp³-hybridized carbons (Fsp3) is 0.250. The summed E-state index contributed by atoms with van der Waals surface area (Å²) in [4.78, 5) is 24.1. The molecule has 154 valence electrons. The third kappa shape index (κ3) is 7.20. The second kappa shape index (κ2) is 11.0. The molecular formula is C20H20Cl2N2O4S. The van der Waals surface area contributed by atoms with E-state index in [9.17, 15) is 9.59 Å². The van der Waals surface area contributed by atoms with E-state index in [4.69, 9.17) is 44.9 Å². The lowest BCUT2D eigenvalue weighted by atomic mass is 10.2. The number of anilines is 1. The molecule has 2 N–H and O–H groups in total. The Kier molecular flexibility index (Phi) is 8.70. The Hall–Kier alpha value is -2.35. The average Bonchev–Trinajstić information content (AvgIpc) is 2.68. The number of carbonyl (C=O) groups is 2. The lowest BCUT2D eigenvalue weighted by Crippen LogP contribution is -2.42. The van der Waals surface area contributed by atoms with Crippen LogP contribution in [0.4, 0.5) is 5.69 Å². The molecule has 2 aromatic carbocycles. The maximum absolute atomic E-state index is 12.3. The number of esters is 1. The van der Waals surface area contributed by atoms with Gasteiger partial charge in [-0.25, -0.2) is 4.79 Å². The van der Waals surface area contributed by atoms with Gasteiger partial charge in [0.2, 0.25) is 0 Å². The van der Waals surface area contributed by atoms with E-state index in [1.807, 2.05) is 6.92 Å². The molecule has 0 saturated carbocycles. The van der Waals surface area contributed by atoms with Crippen LogP contribution in [-0.4, -0.2) is 29.7 Å². The number of thiocarbonyl (C=S) groups is 1. The largest absolute Gasteiger partial charge is 0.479 e. The number of hydrogen-bond acceptors (Lipinski definition) is 5. The summed E-state index contributed by atoms with van der Waals surface area (Å²) < 4.78 is 10.6. The first kappa shape index (κ1) is 22.9. The number of ether oxygens (including phenoxy) is 2. The Labute approximate surface area is 184 Å². The Morgan fingerprint density at radius 1 is 1.14 bits per heavy atom. The molecule has 1 atom stereocenters. The minimum atomic E-state index is -0.843.